The summed E-state index contributed by atoms with van der Waals surface area (Å²) in [6.07, 6.45) is 0. The van der Waals surface area contributed by atoms with Gasteiger partial charge < -0.3 is 0 Å². The molecule has 0 saturated carbocycles. The van der Waals surface area contributed by atoms with Gasteiger partial charge >= 0.3 is 0 Å². The molecule has 1 rings (SSSR count). The van der Waals surface area contributed by atoms with Crippen LogP contribution in [0.4, 0.5) is 0 Å². The zero-order valence-electron chi connectivity index (χ0n) is 5.37. The van der Waals surface area contributed by atoms with Gasteiger partial charge in [0.2, 0.25) is 0 Å². The summed E-state index contributed by atoms with van der Waals surface area (Å²) in [4.78, 5) is 0. The maximum absolute atomic E-state index is 5.80. The summed E-state index contributed by atoms with van der Waals surface area (Å²) in [5, 5.41) is 1.54. The Morgan fingerprint density at radius 1 is 1.18 bits per heavy atom. The standard InChI is InChI=1S/C7H4Br3Cl/c8-3-5-6(9)1-4(11)2-7(5)10/h1-2H,3H2. The number of rotatable bonds is 1. The second-order valence-electron chi connectivity index (χ2n) is 1.98. The molecule has 0 aliphatic heterocycles. The number of hydrogen-bond donors (Lipinski definition) is 0. The first-order chi connectivity index (χ1) is 5.15. The quantitative estimate of drug-likeness (QED) is 0.631. The van der Waals surface area contributed by atoms with Gasteiger partial charge in [0.05, 0.1) is 0 Å². The van der Waals surface area contributed by atoms with E-state index in [1.54, 1.807) is 0 Å². The molecule has 0 unspecified atom stereocenters. The molecular formula is C7H4Br3Cl. The minimum atomic E-state index is 0.730. The average molecular weight is 363 g/mol. The van der Waals surface area contributed by atoms with E-state index in [9.17, 15) is 0 Å². The van der Waals surface area contributed by atoms with Crippen molar-refractivity contribution < 1.29 is 0 Å². The predicted molar refractivity (Wildman–Crippen MR) is 59.5 cm³/mol. The van der Waals surface area contributed by atoms with Gasteiger partial charge in [0, 0.05) is 19.3 Å². The van der Waals surface area contributed by atoms with Crippen LogP contribution in [0.15, 0.2) is 21.1 Å². The first kappa shape index (κ1) is 10.0. The van der Waals surface area contributed by atoms with Crippen LogP contribution in [0.5, 0.6) is 0 Å². The van der Waals surface area contributed by atoms with Gasteiger partial charge in [-0.2, -0.15) is 0 Å². The normalized spacial score (nSPS) is 10.2. The third-order valence-corrected chi connectivity index (χ3v) is 3.43. The largest absolute Gasteiger partial charge is 0.0875 e. The summed E-state index contributed by atoms with van der Waals surface area (Å²) >= 11 is 16.0. The van der Waals surface area contributed by atoms with E-state index >= 15 is 0 Å². The van der Waals surface area contributed by atoms with Crippen LogP contribution in [0.25, 0.3) is 0 Å². The molecule has 0 saturated heterocycles. The maximum atomic E-state index is 5.80. The number of benzene rings is 1. The number of halogens is 4. The van der Waals surface area contributed by atoms with Crippen molar-refractivity contribution in [2.24, 2.45) is 0 Å². The third kappa shape index (κ3) is 2.44. The van der Waals surface area contributed by atoms with Crippen molar-refractivity contribution in [3.05, 3.63) is 31.7 Å². The summed E-state index contributed by atoms with van der Waals surface area (Å²) in [6.45, 7) is 0. The molecule has 0 fully saturated rings. The van der Waals surface area contributed by atoms with Crippen LogP contribution in [0.1, 0.15) is 5.56 Å². The molecule has 0 spiro atoms. The van der Waals surface area contributed by atoms with Crippen LogP contribution in [0.2, 0.25) is 5.02 Å². The summed E-state index contributed by atoms with van der Waals surface area (Å²) in [5.41, 5.74) is 1.18. The Hall–Kier alpha value is 0.950. The molecule has 0 N–H and O–H groups in total. The lowest BCUT2D eigenvalue weighted by Crippen LogP contribution is -1.82. The van der Waals surface area contributed by atoms with Crippen molar-refractivity contribution in [1.29, 1.82) is 0 Å². The van der Waals surface area contributed by atoms with Gasteiger partial charge in [0.15, 0.2) is 0 Å². The Labute approximate surface area is 95.7 Å². The molecule has 0 heterocycles. The van der Waals surface area contributed by atoms with Crippen molar-refractivity contribution in [3.63, 3.8) is 0 Å². The fourth-order valence-electron chi connectivity index (χ4n) is 0.700. The number of alkyl halides is 1. The monoisotopic (exact) mass is 360 g/mol. The summed E-state index contributed by atoms with van der Waals surface area (Å²) < 4.78 is 2.04. The van der Waals surface area contributed by atoms with E-state index in [0.29, 0.717) is 0 Å². The topological polar surface area (TPSA) is 0 Å². The van der Waals surface area contributed by atoms with Crippen molar-refractivity contribution >= 4 is 59.4 Å². The summed E-state index contributed by atoms with van der Waals surface area (Å²) in [5.74, 6) is 0. The van der Waals surface area contributed by atoms with E-state index in [1.807, 2.05) is 12.1 Å². The highest BCUT2D eigenvalue weighted by Crippen LogP contribution is 2.30. The lowest BCUT2D eigenvalue weighted by atomic mass is 10.2. The molecular weight excluding hydrogens is 359 g/mol. The smallest absolute Gasteiger partial charge is 0.0428 e. The van der Waals surface area contributed by atoms with Crippen molar-refractivity contribution in [3.8, 4) is 0 Å². The van der Waals surface area contributed by atoms with Gasteiger partial charge in [-0.3, -0.25) is 0 Å². The minimum absolute atomic E-state index is 0.730. The van der Waals surface area contributed by atoms with Gasteiger partial charge in [-0.1, -0.05) is 59.4 Å². The second kappa shape index (κ2) is 4.26. The van der Waals surface area contributed by atoms with E-state index in [1.165, 1.54) is 5.56 Å². The minimum Gasteiger partial charge on any atom is -0.0875 e. The molecule has 0 nitrogen and oxygen atoms in total. The maximum Gasteiger partial charge on any atom is 0.0428 e. The van der Waals surface area contributed by atoms with Gasteiger partial charge in [0.25, 0.3) is 0 Å². The Bertz CT molecular complexity index is 249. The molecule has 0 atom stereocenters. The van der Waals surface area contributed by atoms with Crippen molar-refractivity contribution in [2.75, 3.05) is 0 Å². The molecule has 0 bridgehead atoms. The van der Waals surface area contributed by atoms with Crippen LogP contribution in [0, 0.1) is 0 Å². The lowest BCUT2D eigenvalue weighted by Gasteiger charge is -2.03. The summed E-state index contributed by atoms with van der Waals surface area (Å²) in [7, 11) is 0. The Balaban J connectivity index is 3.25. The lowest BCUT2D eigenvalue weighted by molar-refractivity contribution is 1.37. The molecule has 0 aromatic heterocycles. The van der Waals surface area contributed by atoms with E-state index in [4.69, 9.17) is 11.6 Å². The average Bonchev–Trinajstić information content (AvgIpc) is 1.85. The zero-order chi connectivity index (χ0) is 8.43. The molecule has 1 aromatic rings. The fourth-order valence-corrected chi connectivity index (χ4v) is 4.00. The van der Waals surface area contributed by atoms with Crippen LogP contribution in [-0.2, 0) is 5.33 Å². The molecule has 0 aliphatic carbocycles. The highest BCUT2D eigenvalue weighted by atomic mass is 79.9. The zero-order valence-corrected chi connectivity index (χ0v) is 10.9. The van der Waals surface area contributed by atoms with Crippen molar-refractivity contribution in [1.82, 2.24) is 0 Å². The van der Waals surface area contributed by atoms with Gasteiger partial charge in [-0.15, -0.1) is 0 Å². The first-order valence-corrected chi connectivity index (χ1v) is 5.93. The highest BCUT2D eigenvalue weighted by Gasteiger charge is 2.04. The molecule has 11 heavy (non-hydrogen) atoms. The molecule has 0 amide bonds. The van der Waals surface area contributed by atoms with Crippen molar-refractivity contribution in [2.45, 2.75) is 5.33 Å². The SMILES string of the molecule is Clc1cc(Br)c(CBr)c(Br)c1. The van der Waals surface area contributed by atoms with E-state index < -0.39 is 0 Å². The number of hydrogen-bond acceptors (Lipinski definition) is 0. The fraction of sp³-hybridized carbons (Fsp3) is 0.143. The van der Waals surface area contributed by atoms with E-state index in [2.05, 4.69) is 47.8 Å². The van der Waals surface area contributed by atoms with Crippen LogP contribution in [0.3, 0.4) is 0 Å². The van der Waals surface area contributed by atoms with Gasteiger partial charge in [0.1, 0.15) is 0 Å². The third-order valence-electron chi connectivity index (χ3n) is 1.24. The van der Waals surface area contributed by atoms with Crippen LogP contribution < -0.4 is 0 Å². The van der Waals surface area contributed by atoms with E-state index in [0.717, 1.165) is 19.3 Å². The molecule has 0 aliphatic rings. The van der Waals surface area contributed by atoms with E-state index in [-0.39, 0.29) is 0 Å². The molecule has 0 radical (unpaired) electrons. The molecule has 1 aromatic carbocycles. The van der Waals surface area contributed by atoms with Gasteiger partial charge in [-0.05, 0) is 17.7 Å². The van der Waals surface area contributed by atoms with Crippen LogP contribution >= 0.6 is 59.4 Å². The highest BCUT2D eigenvalue weighted by molar-refractivity contribution is 9.11. The second-order valence-corrected chi connectivity index (χ2v) is 4.69. The summed E-state index contributed by atoms with van der Waals surface area (Å²) in [6, 6.07) is 3.76. The van der Waals surface area contributed by atoms with Crippen LogP contribution in [-0.4, -0.2) is 0 Å². The predicted octanol–water partition coefficient (Wildman–Crippen LogP) is 4.76. The van der Waals surface area contributed by atoms with Gasteiger partial charge in [-0.25, -0.2) is 0 Å². The Morgan fingerprint density at radius 2 is 1.64 bits per heavy atom. The first-order valence-electron chi connectivity index (χ1n) is 2.84. The Kier molecular flexibility index (Phi) is 3.89. The molecule has 60 valence electrons. The molecule has 4 heteroatoms. The Morgan fingerprint density at radius 3 is 2.00 bits per heavy atom.